The minimum Gasteiger partial charge on any atom is -0.457 e. The van der Waals surface area contributed by atoms with Gasteiger partial charge in [-0.1, -0.05) is 53.5 Å². The van der Waals surface area contributed by atoms with E-state index in [1.165, 1.54) is 6.08 Å². The van der Waals surface area contributed by atoms with Gasteiger partial charge in [-0.3, -0.25) is 4.79 Å². The number of benzene rings is 3. The molecule has 35 heavy (non-hydrogen) atoms. The van der Waals surface area contributed by atoms with E-state index in [1.54, 1.807) is 72.8 Å². The number of rotatable bonds is 5. The molecule has 0 saturated carbocycles. The minimum atomic E-state index is -0.443. The summed E-state index contributed by atoms with van der Waals surface area (Å²) in [5.74, 6) is 0.724. The third-order valence-electron chi connectivity index (χ3n) is 5.26. The maximum absolute atomic E-state index is 12.5. The SMILES string of the molecule is O=C(/C=C/c1ccc(-c2cc(Cl)cc(Cl)c2)o1)Nc1cccc(-c2cc3ccccc3oc2=O)c1. The van der Waals surface area contributed by atoms with Crippen LogP contribution in [0.25, 0.3) is 39.5 Å². The molecule has 0 aliphatic rings. The van der Waals surface area contributed by atoms with Crippen molar-refractivity contribution in [3.05, 3.63) is 117 Å². The van der Waals surface area contributed by atoms with Crippen LogP contribution in [-0.4, -0.2) is 5.91 Å². The van der Waals surface area contributed by atoms with Gasteiger partial charge in [0, 0.05) is 32.8 Å². The van der Waals surface area contributed by atoms with E-state index < -0.39 is 5.63 Å². The van der Waals surface area contributed by atoms with Crippen LogP contribution < -0.4 is 10.9 Å². The van der Waals surface area contributed by atoms with Crippen molar-refractivity contribution in [2.45, 2.75) is 0 Å². The molecule has 0 spiro atoms. The number of carbonyl (C=O) groups is 1. The molecule has 0 bridgehead atoms. The monoisotopic (exact) mass is 501 g/mol. The number of carbonyl (C=O) groups excluding carboxylic acids is 1. The fourth-order valence-corrected chi connectivity index (χ4v) is 4.19. The van der Waals surface area contributed by atoms with Crippen molar-refractivity contribution in [2.24, 2.45) is 0 Å². The van der Waals surface area contributed by atoms with Gasteiger partial charge in [0.15, 0.2) is 0 Å². The highest BCUT2D eigenvalue weighted by Gasteiger charge is 2.10. The van der Waals surface area contributed by atoms with E-state index in [-0.39, 0.29) is 5.91 Å². The number of halogens is 2. The van der Waals surface area contributed by atoms with Crippen LogP contribution in [0.4, 0.5) is 5.69 Å². The third kappa shape index (κ3) is 5.22. The van der Waals surface area contributed by atoms with Crippen LogP contribution in [0.15, 0.2) is 105 Å². The summed E-state index contributed by atoms with van der Waals surface area (Å²) in [7, 11) is 0. The molecule has 0 unspecified atom stereocenters. The molecule has 172 valence electrons. The standard InChI is InChI=1S/C28H17Cl2NO4/c29-20-12-19(13-21(30)16-20)26-10-8-23(34-26)9-11-27(32)31-22-6-3-5-17(14-22)24-15-18-4-1-2-7-25(18)35-28(24)33/h1-16H,(H,31,32)/b11-9+. The van der Waals surface area contributed by atoms with Gasteiger partial charge < -0.3 is 14.2 Å². The van der Waals surface area contributed by atoms with Crippen LogP contribution in [0, 0.1) is 0 Å². The van der Waals surface area contributed by atoms with Crippen molar-refractivity contribution in [1.29, 1.82) is 0 Å². The number of amides is 1. The summed E-state index contributed by atoms with van der Waals surface area (Å²) in [5.41, 5.74) is 2.42. The Labute approximate surface area is 210 Å². The Bertz CT molecular complexity index is 1630. The summed E-state index contributed by atoms with van der Waals surface area (Å²) >= 11 is 12.1. The maximum Gasteiger partial charge on any atom is 0.344 e. The lowest BCUT2D eigenvalue weighted by Crippen LogP contribution is -2.08. The zero-order valence-electron chi connectivity index (χ0n) is 18.1. The molecular formula is C28H17Cl2NO4. The Morgan fingerprint density at radius 3 is 2.43 bits per heavy atom. The highest BCUT2D eigenvalue weighted by molar-refractivity contribution is 6.35. The molecule has 5 rings (SSSR count). The van der Waals surface area contributed by atoms with Crippen LogP contribution in [0.2, 0.25) is 10.0 Å². The van der Waals surface area contributed by atoms with Crippen molar-refractivity contribution < 1.29 is 13.6 Å². The first-order chi connectivity index (χ1) is 16.9. The fourth-order valence-electron chi connectivity index (χ4n) is 3.66. The molecule has 0 aliphatic heterocycles. The summed E-state index contributed by atoms with van der Waals surface area (Å²) in [6.07, 6.45) is 2.93. The molecule has 1 N–H and O–H groups in total. The Morgan fingerprint density at radius 2 is 1.60 bits per heavy atom. The van der Waals surface area contributed by atoms with E-state index in [1.807, 2.05) is 18.2 Å². The van der Waals surface area contributed by atoms with Gasteiger partial charge >= 0.3 is 5.63 Å². The van der Waals surface area contributed by atoms with E-state index in [4.69, 9.17) is 32.0 Å². The van der Waals surface area contributed by atoms with Crippen LogP contribution in [0.3, 0.4) is 0 Å². The number of hydrogen-bond donors (Lipinski definition) is 1. The first-order valence-corrected chi connectivity index (χ1v) is 11.4. The highest BCUT2D eigenvalue weighted by Crippen LogP contribution is 2.29. The van der Waals surface area contributed by atoms with Gasteiger partial charge in [-0.2, -0.15) is 0 Å². The molecule has 1 amide bonds. The maximum atomic E-state index is 12.5. The second-order valence-corrected chi connectivity index (χ2v) is 8.62. The summed E-state index contributed by atoms with van der Waals surface area (Å²) in [6.45, 7) is 0. The largest absolute Gasteiger partial charge is 0.457 e. The van der Waals surface area contributed by atoms with Gasteiger partial charge in [-0.15, -0.1) is 0 Å². The lowest BCUT2D eigenvalue weighted by atomic mass is 10.1. The molecule has 0 saturated heterocycles. The Hall–Kier alpha value is -4.06. The Morgan fingerprint density at radius 1 is 0.800 bits per heavy atom. The Kier molecular flexibility index (Phi) is 6.27. The van der Waals surface area contributed by atoms with Crippen molar-refractivity contribution in [1.82, 2.24) is 0 Å². The molecule has 7 heteroatoms. The van der Waals surface area contributed by atoms with Crippen molar-refractivity contribution >= 4 is 51.8 Å². The molecule has 5 aromatic rings. The van der Waals surface area contributed by atoms with Crippen LogP contribution in [0.5, 0.6) is 0 Å². The molecule has 2 heterocycles. The van der Waals surface area contributed by atoms with Gasteiger partial charge in [0.05, 0.1) is 5.56 Å². The first-order valence-electron chi connectivity index (χ1n) is 10.6. The fraction of sp³-hybridized carbons (Fsp3) is 0. The second-order valence-electron chi connectivity index (χ2n) is 7.75. The molecule has 0 aliphatic carbocycles. The summed E-state index contributed by atoms with van der Waals surface area (Å²) in [6, 6.07) is 24.8. The number of hydrogen-bond acceptors (Lipinski definition) is 4. The van der Waals surface area contributed by atoms with Crippen LogP contribution in [-0.2, 0) is 4.79 Å². The predicted molar refractivity (Wildman–Crippen MR) is 140 cm³/mol. The van der Waals surface area contributed by atoms with E-state index >= 15 is 0 Å². The smallest absolute Gasteiger partial charge is 0.344 e. The average molecular weight is 502 g/mol. The molecule has 0 fully saturated rings. The lowest BCUT2D eigenvalue weighted by molar-refractivity contribution is -0.111. The first kappa shape index (κ1) is 22.7. The number of anilines is 1. The zero-order chi connectivity index (χ0) is 24.4. The summed E-state index contributed by atoms with van der Waals surface area (Å²) in [4.78, 5) is 25.0. The normalized spacial score (nSPS) is 11.3. The molecule has 3 aromatic carbocycles. The molecule has 2 aromatic heterocycles. The number of fused-ring (bicyclic) bond motifs is 1. The van der Waals surface area contributed by atoms with Gasteiger partial charge in [0.2, 0.25) is 5.91 Å². The van der Waals surface area contributed by atoms with E-state index in [0.717, 1.165) is 10.9 Å². The third-order valence-corrected chi connectivity index (χ3v) is 5.69. The van der Waals surface area contributed by atoms with Crippen LogP contribution >= 0.6 is 23.2 Å². The van der Waals surface area contributed by atoms with Crippen LogP contribution in [0.1, 0.15) is 5.76 Å². The zero-order valence-corrected chi connectivity index (χ0v) is 19.6. The van der Waals surface area contributed by atoms with E-state index in [2.05, 4.69) is 5.32 Å². The highest BCUT2D eigenvalue weighted by atomic mass is 35.5. The average Bonchev–Trinajstić information content (AvgIpc) is 3.31. The van der Waals surface area contributed by atoms with E-state index in [9.17, 15) is 9.59 Å². The van der Waals surface area contributed by atoms with Crippen molar-refractivity contribution in [3.8, 4) is 22.5 Å². The number of nitrogens with one attached hydrogen (secondary N) is 1. The number of para-hydroxylation sites is 1. The quantitative estimate of drug-likeness (QED) is 0.198. The van der Waals surface area contributed by atoms with Gasteiger partial charge in [0.1, 0.15) is 17.1 Å². The lowest BCUT2D eigenvalue weighted by Gasteiger charge is -2.06. The van der Waals surface area contributed by atoms with Crippen molar-refractivity contribution in [2.75, 3.05) is 5.32 Å². The second kappa shape index (κ2) is 9.66. The molecular weight excluding hydrogens is 485 g/mol. The van der Waals surface area contributed by atoms with Gasteiger partial charge in [-0.25, -0.2) is 4.79 Å². The van der Waals surface area contributed by atoms with Crippen molar-refractivity contribution in [3.63, 3.8) is 0 Å². The summed E-state index contributed by atoms with van der Waals surface area (Å²) in [5, 5.41) is 4.62. The van der Waals surface area contributed by atoms with Gasteiger partial charge in [0.25, 0.3) is 0 Å². The Balaban J connectivity index is 1.32. The van der Waals surface area contributed by atoms with Gasteiger partial charge in [-0.05, 0) is 66.2 Å². The molecule has 0 radical (unpaired) electrons. The number of furan rings is 1. The predicted octanol–water partition coefficient (Wildman–Crippen LogP) is 7.68. The van der Waals surface area contributed by atoms with E-state index in [0.29, 0.717) is 44.0 Å². The molecule has 0 atom stereocenters. The minimum absolute atomic E-state index is 0.351. The molecule has 5 nitrogen and oxygen atoms in total. The summed E-state index contributed by atoms with van der Waals surface area (Å²) < 4.78 is 11.2. The topological polar surface area (TPSA) is 72.5 Å².